The van der Waals surface area contributed by atoms with Gasteiger partial charge in [0, 0.05) is 73.2 Å². The summed E-state index contributed by atoms with van der Waals surface area (Å²) in [5, 5.41) is 8.32. The number of hydrogen-bond acceptors (Lipinski definition) is 11. The number of nitrogens with zero attached hydrogens (tertiary/aromatic N) is 8. The van der Waals surface area contributed by atoms with Gasteiger partial charge in [-0.05, 0) is 113 Å². The number of piperidine rings is 1. The fraction of sp³-hybridized carbons (Fsp3) is 0.658. The van der Waals surface area contributed by atoms with E-state index in [-0.39, 0.29) is 16.5 Å². The maximum absolute atomic E-state index is 14.6. The van der Waals surface area contributed by atoms with Gasteiger partial charge in [-0.15, -0.1) is 10.2 Å². The van der Waals surface area contributed by atoms with E-state index in [0.717, 1.165) is 94.5 Å². The number of sulfone groups is 1. The molecule has 11 rings (SSSR count). The minimum absolute atomic E-state index is 0.160. The van der Waals surface area contributed by atoms with Crippen LogP contribution in [0.3, 0.4) is 0 Å². The number of anilines is 1. The van der Waals surface area contributed by atoms with Crippen LogP contribution in [0.5, 0.6) is 11.6 Å². The number of rotatable bonds is 10. The zero-order valence-electron chi connectivity index (χ0n) is 29.3. The van der Waals surface area contributed by atoms with Crippen molar-refractivity contribution in [3.8, 4) is 22.8 Å². The SMILES string of the molecule is CS(=O)(=O)C1CCN(C2CC([C@@H](N3CC4(CCN(c5ncnnc5Oc5ccc(F)cc5-c5cncnc5C5CC5)C4)C3)C34CC(C3)C4)C2)CC1. The molecular formula is C38H47FN8O3S. The molecule has 1 aromatic carbocycles. The number of halogens is 1. The van der Waals surface area contributed by atoms with E-state index >= 15 is 0 Å². The van der Waals surface area contributed by atoms with Gasteiger partial charge in [0.05, 0.1) is 10.9 Å². The third-order valence-electron chi connectivity index (χ3n) is 13.8. The number of ether oxygens (including phenoxy) is 1. The second kappa shape index (κ2) is 11.9. The molecule has 0 unspecified atom stereocenters. The maximum Gasteiger partial charge on any atom is 0.282 e. The van der Waals surface area contributed by atoms with Crippen molar-refractivity contribution in [2.75, 3.05) is 50.4 Å². The van der Waals surface area contributed by atoms with E-state index in [1.807, 2.05) is 0 Å². The third-order valence-corrected chi connectivity index (χ3v) is 15.5. The highest BCUT2D eigenvalue weighted by molar-refractivity contribution is 7.91. The third kappa shape index (κ3) is 5.64. The summed E-state index contributed by atoms with van der Waals surface area (Å²) in [5.74, 6) is 3.21. The lowest BCUT2D eigenvalue weighted by molar-refractivity contribution is -0.217. The standard InChI is InChI=1S/C38H47FN8O3S/c1-51(48,49)29-6-9-45(10-7-29)28-12-26(13-28)34(38-15-24(16-38)17-38)47-20-37(21-47)8-11-46(19-37)35-36(44-43-23-42-35)50-32-5-4-27(39)14-30(32)31-18-40-22-41-33(31)25-2-3-25/h4-5,14,18,22-26,28-29,34H,2-3,6-13,15-17,19-21H2,1H3/t24?,26?,28?,34-,38?/m1/s1. The van der Waals surface area contributed by atoms with Crippen LogP contribution in [0.4, 0.5) is 10.2 Å². The summed E-state index contributed by atoms with van der Waals surface area (Å²) in [6.45, 7) is 5.86. The molecule has 11 nitrogen and oxygen atoms in total. The van der Waals surface area contributed by atoms with Gasteiger partial charge in [0.25, 0.3) is 5.88 Å². The van der Waals surface area contributed by atoms with Crippen molar-refractivity contribution < 1.29 is 17.5 Å². The lowest BCUT2D eigenvalue weighted by Gasteiger charge is -2.72. The average molecular weight is 715 g/mol. The summed E-state index contributed by atoms with van der Waals surface area (Å²) in [7, 11) is -2.94. The number of benzene rings is 1. The fourth-order valence-electron chi connectivity index (χ4n) is 11.0. The molecule has 51 heavy (non-hydrogen) atoms. The predicted octanol–water partition coefficient (Wildman–Crippen LogP) is 5.11. The number of likely N-dealkylation sites (tertiary alicyclic amines) is 2. The van der Waals surface area contributed by atoms with Crippen molar-refractivity contribution in [2.24, 2.45) is 22.7 Å². The number of aromatic nitrogens is 5. The van der Waals surface area contributed by atoms with Crippen LogP contribution in [0.2, 0.25) is 0 Å². The van der Waals surface area contributed by atoms with Gasteiger partial charge >= 0.3 is 0 Å². The Hall–Kier alpha value is -3.29. The van der Waals surface area contributed by atoms with Crippen molar-refractivity contribution in [1.82, 2.24) is 34.9 Å². The van der Waals surface area contributed by atoms with Gasteiger partial charge in [0.15, 0.2) is 5.82 Å². The van der Waals surface area contributed by atoms with Crippen LogP contribution in [-0.4, -0.2) is 106 Å². The van der Waals surface area contributed by atoms with E-state index in [0.29, 0.717) is 46.4 Å². The van der Waals surface area contributed by atoms with Crippen LogP contribution in [0.25, 0.3) is 11.1 Å². The first kappa shape index (κ1) is 32.4. The van der Waals surface area contributed by atoms with Crippen molar-refractivity contribution in [2.45, 2.75) is 87.5 Å². The molecule has 3 saturated heterocycles. The minimum atomic E-state index is -2.94. The molecule has 2 bridgehead atoms. The smallest absolute Gasteiger partial charge is 0.282 e. The lowest BCUT2D eigenvalue weighted by Crippen LogP contribution is -2.73. The molecule has 3 aliphatic heterocycles. The van der Waals surface area contributed by atoms with E-state index in [4.69, 9.17) is 4.74 Å². The zero-order chi connectivity index (χ0) is 34.5. The van der Waals surface area contributed by atoms with Crippen molar-refractivity contribution in [3.05, 3.63) is 48.6 Å². The van der Waals surface area contributed by atoms with Gasteiger partial charge in [0.2, 0.25) is 0 Å². The van der Waals surface area contributed by atoms with Gasteiger partial charge in [-0.3, -0.25) is 4.90 Å². The molecule has 8 aliphatic rings. The van der Waals surface area contributed by atoms with E-state index in [2.05, 4.69) is 39.8 Å². The summed E-state index contributed by atoms with van der Waals surface area (Å²) in [5.41, 5.74) is 3.07. The molecule has 3 aromatic rings. The Kier molecular flexibility index (Phi) is 7.53. The molecule has 5 heterocycles. The van der Waals surface area contributed by atoms with Crippen LogP contribution in [0.15, 0.2) is 37.1 Å². The van der Waals surface area contributed by atoms with E-state index in [9.17, 15) is 12.8 Å². The lowest BCUT2D eigenvalue weighted by atomic mass is 9.39. The predicted molar refractivity (Wildman–Crippen MR) is 190 cm³/mol. The molecule has 1 spiro atoms. The first-order chi connectivity index (χ1) is 24.7. The second-order valence-corrected chi connectivity index (χ2v) is 19.6. The van der Waals surface area contributed by atoms with Crippen molar-refractivity contribution in [1.29, 1.82) is 0 Å². The van der Waals surface area contributed by atoms with Crippen LogP contribution in [0, 0.1) is 28.5 Å². The molecule has 270 valence electrons. The Morgan fingerprint density at radius 1 is 0.961 bits per heavy atom. The number of hydrogen-bond donors (Lipinski definition) is 0. The topological polar surface area (TPSA) is 118 Å². The summed E-state index contributed by atoms with van der Waals surface area (Å²) in [6.07, 6.45) is 17.7. The fourth-order valence-corrected chi connectivity index (χ4v) is 12.1. The van der Waals surface area contributed by atoms with Gasteiger partial charge < -0.3 is 14.5 Å². The quantitative estimate of drug-likeness (QED) is 0.279. The molecule has 1 atom stereocenters. The molecule has 2 aromatic heterocycles. The molecule has 8 fully saturated rings. The average Bonchev–Trinajstić information content (AvgIpc) is 3.80. The molecule has 5 aliphatic carbocycles. The van der Waals surface area contributed by atoms with E-state index in [1.165, 1.54) is 56.8 Å². The van der Waals surface area contributed by atoms with Gasteiger partial charge in [-0.25, -0.2) is 27.8 Å². The maximum atomic E-state index is 14.6. The largest absolute Gasteiger partial charge is 0.434 e. The normalized spacial score (nSPS) is 31.0. The zero-order valence-corrected chi connectivity index (χ0v) is 30.1. The monoisotopic (exact) mass is 714 g/mol. The van der Waals surface area contributed by atoms with Crippen molar-refractivity contribution >= 4 is 15.7 Å². The molecule has 5 saturated carbocycles. The summed E-state index contributed by atoms with van der Waals surface area (Å²) in [6, 6.07) is 5.83. The molecular weight excluding hydrogens is 668 g/mol. The molecule has 13 heteroatoms. The second-order valence-electron chi connectivity index (χ2n) is 17.2. The Labute approximate surface area is 299 Å². The van der Waals surface area contributed by atoms with E-state index < -0.39 is 9.84 Å². The Balaban J connectivity index is 0.818. The highest BCUT2D eigenvalue weighted by Gasteiger charge is 2.66. The first-order valence-electron chi connectivity index (χ1n) is 19.0. The summed E-state index contributed by atoms with van der Waals surface area (Å²) in [4.78, 5) is 21.2. The Morgan fingerprint density at radius 2 is 1.75 bits per heavy atom. The van der Waals surface area contributed by atoms with Crippen LogP contribution >= 0.6 is 0 Å². The molecule has 0 radical (unpaired) electrons. The van der Waals surface area contributed by atoms with Crippen LogP contribution in [-0.2, 0) is 9.84 Å². The molecule has 0 N–H and O–H groups in total. The van der Waals surface area contributed by atoms with Gasteiger partial charge in [-0.1, -0.05) is 0 Å². The highest BCUT2D eigenvalue weighted by atomic mass is 32.2. The Bertz CT molecular complexity index is 1920. The molecule has 0 amide bonds. The summed E-state index contributed by atoms with van der Waals surface area (Å²) >= 11 is 0. The van der Waals surface area contributed by atoms with Crippen LogP contribution in [0.1, 0.15) is 75.8 Å². The minimum Gasteiger partial charge on any atom is -0.434 e. The van der Waals surface area contributed by atoms with E-state index in [1.54, 1.807) is 18.6 Å². The summed E-state index contributed by atoms with van der Waals surface area (Å²) < 4.78 is 45.3. The van der Waals surface area contributed by atoms with Crippen molar-refractivity contribution in [3.63, 3.8) is 0 Å². The Morgan fingerprint density at radius 3 is 2.45 bits per heavy atom. The highest BCUT2D eigenvalue weighted by Crippen LogP contribution is 2.70. The van der Waals surface area contributed by atoms with Crippen LogP contribution < -0.4 is 9.64 Å². The first-order valence-corrected chi connectivity index (χ1v) is 21.0. The van der Waals surface area contributed by atoms with Gasteiger partial charge in [0.1, 0.15) is 34.1 Å². The van der Waals surface area contributed by atoms with Gasteiger partial charge in [-0.2, -0.15) is 0 Å².